The lowest BCUT2D eigenvalue weighted by Crippen LogP contribution is -2.08. The maximum Gasteiger partial charge on any atom is 0.355 e. The molecule has 0 aliphatic carbocycles. The van der Waals surface area contributed by atoms with E-state index in [0.29, 0.717) is 18.0 Å². The molecule has 0 amide bonds. The van der Waals surface area contributed by atoms with E-state index in [4.69, 9.17) is 15.4 Å². The van der Waals surface area contributed by atoms with E-state index < -0.39 is 5.97 Å². The van der Waals surface area contributed by atoms with Crippen molar-refractivity contribution in [2.24, 2.45) is 0 Å². The third kappa shape index (κ3) is 5.07. The molecule has 0 heterocycles. The Morgan fingerprint density at radius 2 is 1.95 bits per heavy atom. The van der Waals surface area contributed by atoms with Gasteiger partial charge in [-0.25, -0.2) is 4.79 Å². The summed E-state index contributed by atoms with van der Waals surface area (Å²) in [7, 11) is 0. The summed E-state index contributed by atoms with van der Waals surface area (Å²) < 4.78 is 5.57. The second kappa shape index (κ2) is 8.24. The van der Waals surface area contributed by atoms with Crippen molar-refractivity contribution in [3.8, 4) is 11.5 Å². The lowest BCUT2D eigenvalue weighted by molar-refractivity contribution is -0.213. The Balaban J connectivity index is 2.56. The molecule has 0 aliphatic heterocycles. The van der Waals surface area contributed by atoms with Gasteiger partial charge in [-0.15, -0.1) is 0 Å². The number of nitrogens with two attached hydrogens (primary N) is 1. The molecule has 19 heavy (non-hydrogen) atoms. The van der Waals surface area contributed by atoms with Gasteiger partial charge in [-0.1, -0.05) is 32.8 Å². The van der Waals surface area contributed by atoms with E-state index in [0.717, 1.165) is 19.3 Å². The predicted octanol–water partition coefficient (Wildman–Crippen LogP) is 3.08. The largest absolute Gasteiger partial charge is 0.491 e. The van der Waals surface area contributed by atoms with Gasteiger partial charge in [0, 0.05) is 6.42 Å². The first kappa shape index (κ1) is 15.1. The Hall–Kier alpha value is -1.91. The molecule has 0 saturated heterocycles. The molecule has 5 nitrogen and oxygen atoms in total. The van der Waals surface area contributed by atoms with Crippen molar-refractivity contribution < 1.29 is 19.3 Å². The molecule has 1 aromatic rings. The molecule has 0 spiro atoms. The van der Waals surface area contributed by atoms with Gasteiger partial charge in [0.2, 0.25) is 5.75 Å². The minimum absolute atomic E-state index is 0.243. The average molecular weight is 267 g/mol. The molecule has 2 N–H and O–H groups in total. The fourth-order valence-electron chi connectivity index (χ4n) is 1.41. The van der Waals surface area contributed by atoms with Crippen LogP contribution in [0, 0.1) is 0 Å². The Labute approximate surface area is 113 Å². The number of para-hydroxylation sites is 1. The van der Waals surface area contributed by atoms with Crippen LogP contribution in [0.1, 0.15) is 39.5 Å². The Morgan fingerprint density at radius 1 is 1.21 bits per heavy atom. The van der Waals surface area contributed by atoms with Crippen LogP contribution in [-0.2, 0) is 9.68 Å². The maximum absolute atomic E-state index is 11.0. The normalized spacial score (nSPS) is 10.0. The second-order valence-electron chi connectivity index (χ2n) is 4.12. The lowest BCUT2D eigenvalue weighted by Gasteiger charge is -2.11. The molecule has 0 saturated carbocycles. The van der Waals surface area contributed by atoms with E-state index in [2.05, 4.69) is 11.8 Å². The molecule has 106 valence electrons. The zero-order valence-corrected chi connectivity index (χ0v) is 11.5. The smallest absolute Gasteiger partial charge is 0.355 e. The van der Waals surface area contributed by atoms with Crippen LogP contribution in [0.5, 0.6) is 11.5 Å². The third-order valence-corrected chi connectivity index (χ3v) is 2.54. The van der Waals surface area contributed by atoms with Crippen molar-refractivity contribution in [1.29, 1.82) is 0 Å². The summed E-state index contributed by atoms with van der Waals surface area (Å²) in [6.45, 7) is 4.42. The van der Waals surface area contributed by atoms with Gasteiger partial charge in [0.05, 0.1) is 6.61 Å². The number of nitrogen functional groups attached to an aromatic ring is 1. The highest BCUT2D eigenvalue weighted by atomic mass is 17.2. The first-order valence-corrected chi connectivity index (χ1v) is 6.57. The first-order valence-electron chi connectivity index (χ1n) is 6.57. The number of anilines is 1. The molecule has 0 aliphatic rings. The number of unbranched alkanes of at least 4 members (excludes halogenated alkanes) is 2. The minimum atomic E-state index is -0.450. The molecule has 0 bridgehead atoms. The fourth-order valence-corrected chi connectivity index (χ4v) is 1.41. The molecule has 0 fully saturated rings. The third-order valence-electron chi connectivity index (χ3n) is 2.54. The Bertz CT molecular complexity index is 406. The zero-order chi connectivity index (χ0) is 14.1. The SMILES string of the molecule is CCCCCOc1cccc(OOC(=O)CC)c1N. The zero-order valence-electron chi connectivity index (χ0n) is 11.5. The van der Waals surface area contributed by atoms with E-state index in [1.807, 2.05) is 0 Å². The van der Waals surface area contributed by atoms with Crippen LogP contribution < -0.4 is 15.4 Å². The van der Waals surface area contributed by atoms with Crippen LogP contribution in [0.3, 0.4) is 0 Å². The molecule has 0 atom stereocenters. The van der Waals surface area contributed by atoms with Crippen LogP contribution in [0.15, 0.2) is 18.2 Å². The molecular formula is C14H21NO4. The standard InChI is InChI=1S/C14H21NO4/c1-3-5-6-10-17-11-8-7-9-12(14(11)15)18-19-13(16)4-2/h7-9H,3-6,10,15H2,1-2H3. The highest BCUT2D eigenvalue weighted by molar-refractivity contribution is 5.69. The molecule has 0 radical (unpaired) electrons. The second-order valence-corrected chi connectivity index (χ2v) is 4.12. The van der Waals surface area contributed by atoms with E-state index >= 15 is 0 Å². The van der Waals surface area contributed by atoms with Crippen molar-refractivity contribution >= 4 is 11.7 Å². The van der Waals surface area contributed by atoms with Crippen LogP contribution in [-0.4, -0.2) is 12.6 Å². The molecule has 0 aromatic heterocycles. The van der Waals surface area contributed by atoms with Gasteiger partial charge >= 0.3 is 5.97 Å². The van der Waals surface area contributed by atoms with E-state index in [9.17, 15) is 4.79 Å². The van der Waals surface area contributed by atoms with Crippen molar-refractivity contribution in [2.45, 2.75) is 39.5 Å². The van der Waals surface area contributed by atoms with Gasteiger partial charge in [0.1, 0.15) is 11.4 Å². The summed E-state index contributed by atoms with van der Waals surface area (Å²) in [5, 5.41) is 0. The van der Waals surface area contributed by atoms with Crippen molar-refractivity contribution in [2.75, 3.05) is 12.3 Å². The summed E-state index contributed by atoms with van der Waals surface area (Å²) >= 11 is 0. The van der Waals surface area contributed by atoms with E-state index in [-0.39, 0.29) is 12.2 Å². The van der Waals surface area contributed by atoms with Crippen LogP contribution in [0.2, 0.25) is 0 Å². The molecular weight excluding hydrogens is 246 g/mol. The van der Waals surface area contributed by atoms with Crippen LogP contribution in [0.25, 0.3) is 0 Å². The number of rotatable bonds is 8. The van der Waals surface area contributed by atoms with Gasteiger partial charge < -0.3 is 10.5 Å². The maximum atomic E-state index is 11.0. The topological polar surface area (TPSA) is 70.8 Å². The van der Waals surface area contributed by atoms with Crippen LogP contribution in [0.4, 0.5) is 5.69 Å². The lowest BCUT2D eigenvalue weighted by atomic mass is 10.2. The van der Waals surface area contributed by atoms with Gasteiger partial charge in [0.25, 0.3) is 0 Å². The van der Waals surface area contributed by atoms with Crippen molar-refractivity contribution in [3.63, 3.8) is 0 Å². The number of carbonyl (C=O) groups is 1. The Morgan fingerprint density at radius 3 is 2.63 bits per heavy atom. The average Bonchev–Trinajstić information content (AvgIpc) is 2.43. The van der Waals surface area contributed by atoms with Crippen molar-refractivity contribution in [1.82, 2.24) is 0 Å². The van der Waals surface area contributed by atoms with Gasteiger partial charge in [-0.2, -0.15) is 0 Å². The van der Waals surface area contributed by atoms with E-state index in [1.54, 1.807) is 25.1 Å². The summed E-state index contributed by atoms with van der Waals surface area (Å²) in [6.07, 6.45) is 3.47. The summed E-state index contributed by atoms with van der Waals surface area (Å²) in [5.41, 5.74) is 6.22. The number of ether oxygens (including phenoxy) is 1. The van der Waals surface area contributed by atoms with Gasteiger partial charge in [0.15, 0.2) is 0 Å². The van der Waals surface area contributed by atoms with Gasteiger partial charge in [-0.05, 0) is 18.6 Å². The van der Waals surface area contributed by atoms with Gasteiger partial charge in [-0.3, -0.25) is 9.78 Å². The summed E-state index contributed by atoms with van der Waals surface area (Å²) in [6, 6.07) is 5.12. The summed E-state index contributed by atoms with van der Waals surface area (Å²) in [4.78, 5) is 20.5. The van der Waals surface area contributed by atoms with Crippen LogP contribution >= 0.6 is 0 Å². The van der Waals surface area contributed by atoms with Crippen molar-refractivity contribution in [3.05, 3.63) is 18.2 Å². The quantitative estimate of drug-likeness (QED) is 0.339. The molecule has 1 aromatic carbocycles. The number of carbonyl (C=O) groups excluding carboxylic acids is 1. The molecule has 1 rings (SSSR count). The number of benzene rings is 1. The number of hydrogen-bond acceptors (Lipinski definition) is 5. The first-order chi connectivity index (χ1) is 9.19. The predicted molar refractivity (Wildman–Crippen MR) is 72.9 cm³/mol. The highest BCUT2D eigenvalue weighted by Crippen LogP contribution is 2.31. The van der Waals surface area contributed by atoms with E-state index in [1.165, 1.54) is 0 Å². The highest BCUT2D eigenvalue weighted by Gasteiger charge is 2.10. The monoisotopic (exact) mass is 267 g/mol. The molecule has 5 heteroatoms. The number of hydrogen-bond donors (Lipinski definition) is 1. The minimum Gasteiger partial charge on any atom is -0.491 e. The summed E-state index contributed by atoms with van der Waals surface area (Å²) in [5.74, 6) is 0.379. The Kier molecular flexibility index (Phi) is 6.57. The fraction of sp³-hybridized carbons (Fsp3) is 0.500. The molecule has 0 unspecified atom stereocenters.